The molecule has 4 aromatic rings. The third-order valence-corrected chi connectivity index (χ3v) is 11.2. The first kappa shape index (κ1) is 23.6. The second-order valence-electron chi connectivity index (χ2n) is 6.48. The van der Waals surface area contributed by atoms with Gasteiger partial charge in [-0.25, -0.2) is 0 Å². The first-order chi connectivity index (χ1) is 14.1. The Morgan fingerprint density at radius 3 is 0.767 bits per heavy atom. The highest BCUT2D eigenvalue weighted by Gasteiger charge is 2.52. The van der Waals surface area contributed by atoms with Crippen LogP contribution in [-0.2, 0) is 0 Å². The zero-order chi connectivity index (χ0) is 20.4. The molecule has 0 bridgehead atoms. The van der Waals surface area contributed by atoms with E-state index < -0.39 is 7.26 Å². The molecule has 0 N–H and O–H groups in total. The Kier molecular flexibility index (Phi) is 7.91. The van der Waals surface area contributed by atoms with Gasteiger partial charge in [0.1, 0.15) is 21.2 Å². The summed E-state index contributed by atoms with van der Waals surface area (Å²) in [6, 6.07) is 31.4. The molecule has 0 amide bonds. The van der Waals surface area contributed by atoms with E-state index in [0.29, 0.717) is 20.1 Å². The molecule has 0 aliphatic carbocycles. The summed E-state index contributed by atoms with van der Waals surface area (Å²) in [5.74, 6) is 0. The van der Waals surface area contributed by atoms with Crippen molar-refractivity contribution in [1.29, 1.82) is 0 Å². The number of hydrogen-bond donors (Lipinski definition) is 0. The van der Waals surface area contributed by atoms with Gasteiger partial charge in [0.15, 0.2) is 7.26 Å². The molecule has 0 saturated carbocycles. The summed E-state index contributed by atoms with van der Waals surface area (Å²) in [7, 11) is -2.58. The maximum atomic E-state index is 6.81. The molecule has 0 aromatic heterocycles. The average Bonchev–Trinajstić information content (AvgIpc) is 2.73. The van der Waals surface area contributed by atoms with Gasteiger partial charge in [-0.1, -0.05) is 94.9 Å². The fourth-order valence-corrected chi connectivity index (χ4v) is 10.1. The van der Waals surface area contributed by atoms with Crippen molar-refractivity contribution in [3.05, 3.63) is 117 Å². The molecule has 0 saturated heterocycles. The molecule has 0 nitrogen and oxygen atoms in total. The zero-order valence-corrected chi connectivity index (χ0v) is 21.1. The van der Waals surface area contributed by atoms with Crippen LogP contribution in [0, 0.1) is 0 Å². The van der Waals surface area contributed by atoms with E-state index in [9.17, 15) is 0 Å². The Balaban J connectivity index is 0.00000256. The minimum absolute atomic E-state index is 0. The summed E-state index contributed by atoms with van der Waals surface area (Å²) >= 11 is 27.3. The van der Waals surface area contributed by atoms with E-state index in [4.69, 9.17) is 46.4 Å². The van der Waals surface area contributed by atoms with Crippen LogP contribution in [0.4, 0.5) is 0 Å². The number of halogens is 5. The third kappa shape index (κ3) is 4.05. The summed E-state index contributed by atoms with van der Waals surface area (Å²) in [5.41, 5.74) is 0. The van der Waals surface area contributed by atoms with E-state index in [1.54, 1.807) is 0 Å². The van der Waals surface area contributed by atoms with Crippen molar-refractivity contribution in [3.8, 4) is 0 Å². The van der Waals surface area contributed by atoms with Crippen LogP contribution >= 0.6 is 53.7 Å². The zero-order valence-electron chi connectivity index (χ0n) is 15.6. The quantitative estimate of drug-likeness (QED) is 0.334. The summed E-state index contributed by atoms with van der Waals surface area (Å²) in [6.45, 7) is 0. The molecule has 0 fully saturated rings. The van der Waals surface area contributed by atoms with Gasteiger partial charge in [0.05, 0.1) is 20.1 Å². The highest BCUT2D eigenvalue weighted by molar-refractivity contribution is 8.02. The first-order valence-corrected chi connectivity index (χ1v) is 12.3. The lowest BCUT2D eigenvalue weighted by atomic mass is 10.3. The Morgan fingerprint density at radius 2 is 0.567 bits per heavy atom. The van der Waals surface area contributed by atoms with Crippen LogP contribution in [0.3, 0.4) is 0 Å². The monoisotopic (exact) mass is 554 g/mol. The van der Waals surface area contributed by atoms with Gasteiger partial charge in [-0.2, -0.15) is 0 Å². The smallest absolute Gasteiger partial charge is 0.150 e. The van der Waals surface area contributed by atoms with Crippen molar-refractivity contribution in [2.75, 3.05) is 0 Å². The second-order valence-corrected chi connectivity index (χ2v) is 11.4. The van der Waals surface area contributed by atoms with Gasteiger partial charge in [0, 0.05) is 0 Å². The average molecular weight is 557 g/mol. The molecule has 4 rings (SSSR count). The van der Waals surface area contributed by atoms with Crippen molar-refractivity contribution in [2.24, 2.45) is 0 Å². The molecule has 6 heteroatoms. The van der Waals surface area contributed by atoms with Gasteiger partial charge in [-0.3, -0.25) is 0 Å². The standard InChI is InChI=1S/C24H16Cl4P.BrH/c25-17-9-1-5-13-21(17)29(22-14-6-2-10-18(22)26,23-15-7-3-11-19(23)27)24-16-8-4-12-20(24)28;/h1-16H;1H/q+1;/p-1. The number of hydrogen-bond acceptors (Lipinski definition) is 0. The normalized spacial score (nSPS) is 11.1. The molecule has 0 aliphatic heterocycles. The Hall–Kier alpha value is -1.05. The van der Waals surface area contributed by atoms with Gasteiger partial charge in [-0.05, 0) is 48.5 Å². The van der Waals surface area contributed by atoms with E-state index in [-0.39, 0.29) is 17.0 Å². The molecule has 152 valence electrons. The van der Waals surface area contributed by atoms with E-state index in [1.165, 1.54) is 0 Å². The Labute approximate surface area is 207 Å². The van der Waals surface area contributed by atoms with E-state index in [2.05, 4.69) is 0 Å². The first-order valence-electron chi connectivity index (χ1n) is 8.96. The van der Waals surface area contributed by atoms with Crippen molar-refractivity contribution >= 4 is 74.9 Å². The largest absolute Gasteiger partial charge is 1.00 e. The molecule has 0 heterocycles. The van der Waals surface area contributed by atoms with Crippen LogP contribution in [0.25, 0.3) is 0 Å². The second kappa shape index (κ2) is 10.0. The molecular formula is C24H16BrCl4P. The van der Waals surface area contributed by atoms with Gasteiger partial charge in [-0.15, -0.1) is 0 Å². The van der Waals surface area contributed by atoms with E-state index >= 15 is 0 Å². The third-order valence-electron chi connectivity index (χ3n) is 4.86. The lowest BCUT2D eigenvalue weighted by Gasteiger charge is -2.30. The fourth-order valence-electron chi connectivity index (χ4n) is 3.67. The van der Waals surface area contributed by atoms with E-state index in [1.807, 2.05) is 97.1 Å². The van der Waals surface area contributed by atoms with Crippen molar-refractivity contribution in [1.82, 2.24) is 0 Å². The minimum Gasteiger partial charge on any atom is -1.00 e. The summed E-state index contributed by atoms with van der Waals surface area (Å²) in [4.78, 5) is 0. The van der Waals surface area contributed by atoms with E-state index in [0.717, 1.165) is 21.2 Å². The molecule has 4 aromatic carbocycles. The van der Waals surface area contributed by atoms with Gasteiger partial charge in [0.25, 0.3) is 0 Å². The molecule has 0 spiro atoms. The topological polar surface area (TPSA) is 0 Å². The summed E-state index contributed by atoms with van der Waals surface area (Å²) < 4.78 is 0. The highest BCUT2D eigenvalue weighted by Crippen LogP contribution is 2.59. The summed E-state index contributed by atoms with van der Waals surface area (Å²) in [5, 5.41) is 6.49. The predicted octanol–water partition coefficient (Wildman–Crippen LogP) is 3.92. The minimum atomic E-state index is -2.58. The predicted molar refractivity (Wildman–Crippen MR) is 131 cm³/mol. The fraction of sp³-hybridized carbons (Fsp3) is 0. The van der Waals surface area contributed by atoms with Crippen molar-refractivity contribution in [2.45, 2.75) is 0 Å². The van der Waals surface area contributed by atoms with Gasteiger partial charge < -0.3 is 17.0 Å². The van der Waals surface area contributed by atoms with Crippen LogP contribution in [0.5, 0.6) is 0 Å². The molecular weight excluding hydrogens is 541 g/mol. The van der Waals surface area contributed by atoms with Crippen LogP contribution in [0.1, 0.15) is 0 Å². The number of rotatable bonds is 4. The van der Waals surface area contributed by atoms with Gasteiger partial charge >= 0.3 is 0 Å². The molecule has 0 aliphatic rings. The molecule has 0 radical (unpaired) electrons. The number of benzene rings is 4. The maximum Gasteiger partial charge on any atom is 0.150 e. The Morgan fingerprint density at radius 1 is 0.367 bits per heavy atom. The van der Waals surface area contributed by atoms with Crippen LogP contribution in [0.15, 0.2) is 97.1 Å². The van der Waals surface area contributed by atoms with Crippen LogP contribution in [-0.4, -0.2) is 0 Å². The van der Waals surface area contributed by atoms with Crippen LogP contribution in [0.2, 0.25) is 20.1 Å². The van der Waals surface area contributed by atoms with Crippen molar-refractivity contribution < 1.29 is 17.0 Å². The van der Waals surface area contributed by atoms with Crippen LogP contribution < -0.4 is 38.2 Å². The molecule has 30 heavy (non-hydrogen) atoms. The summed E-state index contributed by atoms with van der Waals surface area (Å²) in [6.07, 6.45) is 0. The van der Waals surface area contributed by atoms with Gasteiger partial charge in [0.2, 0.25) is 0 Å². The SMILES string of the molecule is Clc1ccccc1[P+](c1ccccc1Cl)(c1ccccc1Cl)c1ccccc1Cl.[Br-]. The lowest BCUT2D eigenvalue weighted by molar-refractivity contribution is -0.00000515. The Bertz CT molecular complexity index is 991. The maximum absolute atomic E-state index is 6.81. The highest BCUT2D eigenvalue weighted by atomic mass is 79.9. The molecule has 0 unspecified atom stereocenters. The lowest BCUT2D eigenvalue weighted by Crippen LogP contribution is -3.00. The van der Waals surface area contributed by atoms with Crippen molar-refractivity contribution in [3.63, 3.8) is 0 Å². The molecule has 0 atom stereocenters.